The smallest absolute Gasteiger partial charge is 0.311 e. The fourth-order valence-corrected chi connectivity index (χ4v) is 10.5. The van der Waals surface area contributed by atoms with Crippen LogP contribution in [0.3, 0.4) is 0 Å². The van der Waals surface area contributed by atoms with E-state index in [-0.39, 0.29) is 43.0 Å². The van der Waals surface area contributed by atoms with E-state index < -0.39 is 31.6 Å². The minimum Gasteiger partial charge on any atom is -0.481 e. The summed E-state index contributed by atoms with van der Waals surface area (Å²) in [7, 11) is -2.05. The maximum atomic E-state index is 13.4. The first-order valence-electron chi connectivity index (χ1n) is 28.8. The highest BCUT2D eigenvalue weighted by atomic mass is 28.4. The van der Waals surface area contributed by atoms with Gasteiger partial charge in [-0.15, -0.1) is 0 Å². The van der Waals surface area contributed by atoms with Gasteiger partial charge in [0.2, 0.25) is 0 Å². The molecule has 0 fully saturated rings. The van der Waals surface area contributed by atoms with Crippen molar-refractivity contribution in [2.45, 2.75) is 304 Å². The molecule has 0 aliphatic rings. The van der Waals surface area contributed by atoms with Crippen LogP contribution in [-0.4, -0.2) is 57.1 Å². The van der Waals surface area contributed by atoms with Crippen LogP contribution in [-0.2, 0) is 38.5 Å². The van der Waals surface area contributed by atoms with E-state index >= 15 is 0 Å². The molecule has 1 rings (SSSR count). The summed E-state index contributed by atoms with van der Waals surface area (Å²) in [5.41, 5.74) is 3.06. The van der Waals surface area contributed by atoms with E-state index in [2.05, 4.69) is 61.6 Å². The van der Waals surface area contributed by atoms with E-state index in [1.54, 1.807) is 0 Å². The van der Waals surface area contributed by atoms with E-state index in [1.165, 1.54) is 128 Å². The molecule has 406 valence electrons. The lowest BCUT2D eigenvalue weighted by Gasteiger charge is -2.38. The number of rotatable bonds is 44. The van der Waals surface area contributed by atoms with Gasteiger partial charge in [-0.1, -0.05) is 203 Å². The Balaban J connectivity index is 3.18. The fourth-order valence-electron chi connectivity index (χ4n) is 9.45. The molecule has 0 aliphatic carbocycles. The van der Waals surface area contributed by atoms with E-state index in [1.807, 2.05) is 19.9 Å². The molecule has 9 nitrogen and oxygen atoms in total. The molecule has 0 bridgehead atoms. The number of carbonyl (C=O) groups is 4. The Labute approximate surface area is 431 Å². The number of hydrogen-bond donors (Lipinski definition) is 1. The highest BCUT2D eigenvalue weighted by molar-refractivity contribution is 6.74. The second-order valence-electron chi connectivity index (χ2n) is 23.0. The third kappa shape index (κ3) is 29.7. The van der Waals surface area contributed by atoms with E-state index in [0.717, 1.165) is 60.8 Å². The molecule has 0 saturated heterocycles. The number of esters is 3. The molecule has 0 unspecified atom stereocenters. The first-order valence-corrected chi connectivity index (χ1v) is 31.7. The number of carboxylic acid groups (broad SMARTS) is 1. The molecular weight excluding hydrogens is 893 g/mol. The van der Waals surface area contributed by atoms with Gasteiger partial charge >= 0.3 is 23.9 Å². The zero-order valence-electron chi connectivity index (χ0n) is 47.3. The van der Waals surface area contributed by atoms with Crippen molar-refractivity contribution in [3.8, 4) is 5.75 Å². The normalized spacial score (nSPS) is 12.2. The van der Waals surface area contributed by atoms with Crippen molar-refractivity contribution < 1.29 is 42.9 Å². The quantitative estimate of drug-likeness (QED) is 0.0294. The summed E-state index contributed by atoms with van der Waals surface area (Å²) in [5, 5.41) is 9.17. The molecule has 0 spiro atoms. The van der Waals surface area contributed by atoms with Crippen molar-refractivity contribution in [1.29, 1.82) is 0 Å². The number of benzene rings is 1. The Kier molecular flexibility index (Phi) is 35.4. The zero-order valence-corrected chi connectivity index (χ0v) is 48.3. The van der Waals surface area contributed by atoms with E-state index in [9.17, 15) is 19.2 Å². The van der Waals surface area contributed by atoms with Gasteiger partial charge in [0, 0.05) is 37.9 Å². The zero-order chi connectivity index (χ0) is 52.3. The molecule has 0 aromatic heterocycles. The van der Waals surface area contributed by atoms with Crippen molar-refractivity contribution in [3.63, 3.8) is 0 Å². The Morgan fingerprint density at radius 2 is 0.900 bits per heavy atom. The number of ether oxygens (including phenoxy) is 3. The summed E-state index contributed by atoms with van der Waals surface area (Å²) in [5.74, 6) is -1.73. The van der Waals surface area contributed by atoms with Gasteiger partial charge in [-0.25, -0.2) is 0 Å². The molecule has 1 aromatic carbocycles. The second kappa shape index (κ2) is 37.9. The number of carbonyl (C=O) groups excluding carboxylic acids is 3. The predicted molar refractivity (Wildman–Crippen MR) is 294 cm³/mol. The molecule has 10 heteroatoms. The Bertz CT molecular complexity index is 1530. The van der Waals surface area contributed by atoms with E-state index in [4.69, 9.17) is 23.7 Å². The van der Waals surface area contributed by atoms with Crippen LogP contribution < -0.4 is 4.74 Å². The number of hydrogen-bond acceptors (Lipinski definition) is 8. The third-order valence-electron chi connectivity index (χ3n) is 15.0. The van der Waals surface area contributed by atoms with Crippen LogP contribution in [0.15, 0.2) is 6.07 Å². The van der Waals surface area contributed by atoms with Crippen molar-refractivity contribution in [2.75, 3.05) is 19.8 Å². The number of aryl methyl sites for hydroxylation is 1. The lowest BCUT2D eigenvalue weighted by molar-refractivity contribution is -0.147. The summed E-state index contributed by atoms with van der Waals surface area (Å²) in [6, 6.07) is 1.90. The summed E-state index contributed by atoms with van der Waals surface area (Å²) in [6.45, 7) is 24.7. The minimum absolute atomic E-state index is 0.00202. The highest BCUT2D eigenvalue weighted by Crippen LogP contribution is 2.43. The van der Waals surface area contributed by atoms with Gasteiger partial charge in [0.25, 0.3) is 0 Å². The average molecular weight is 1000 g/mol. The second-order valence-corrected chi connectivity index (χ2v) is 27.8. The SMILES string of the molecule is CCCCCCCCCCCCCCCC(=O)OCC(COC(=O)CCCCCCCCCCCCCCC)c1c(C)cc(OC(=O)CCCCC(=O)O)c(C(C)(C)CCO[Si](C)(C)C(C)(C)C)c1C. The van der Waals surface area contributed by atoms with Crippen LogP contribution in [0.1, 0.15) is 289 Å². The van der Waals surface area contributed by atoms with Gasteiger partial charge in [-0.2, -0.15) is 0 Å². The fraction of sp³-hybridized carbons (Fsp3) is 0.833. The average Bonchev–Trinajstić information content (AvgIpc) is 3.28. The van der Waals surface area contributed by atoms with Crippen molar-refractivity contribution in [3.05, 3.63) is 28.3 Å². The van der Waals surface area contributed by atoms with Crippen LogP contribution in [0, 0.1) is 13.8 Å². The third-order valence-corrected chi connectivity index (χ3v) is 19.5. The monoisotopic (exact) mass is 1000 g/mol. The predicted octanol–water partition coefficient (Wildman–Crippen LogP) is 17.7. The minimum atomic E-state index is -2.05. The molecule has 0 heterocycles. The largest absolute Gasteiger partial charge is 0.481 e. The number of unbranched alkanes of at least 4 members (excludes halogenated alkanes) is 25. The van der Waals surface area contributed by atoms with Crippen molar-refractivity contribution >= 4 is 32.2 Å². The van der Waals surface area contributed by atoms with Crippen LogP contribution in [0.25, 0.3) is 0 Å². The van der Waals surface area contributed by atoms with Gasteiger partial charge in [0.15, 0.2) is 8.32 Å². The standard InChI is InChI=1S/C60H108O9Si/c1-12-14-16-18-20-22-24-26-28-30-32-34-36-41-54(63)66-47-51(48-67-55(64)42-37-35-33-31-29-27-25-23-21-19-17-15-13-2)57-49(3)46-52(69-56(65)43-39-38-40-53(61)62)58(50(57)4)60(8,9)44-45-68-70(10,11)59(5,6)7/h46,51H,12-45,47-48H2,1-11H3,(H,61,62). The Morgan fingerprint density at radius 3 is 1.29 bits per heavy atom. The maximum absolute atomic E-state index is 13.4. The summed E-state index contributed by atoms with van der Waals surface area (Å²) < 4.78 is 24.9. The lowest BCUT2D eigenvalue weighted by Crippen LogP contribution is -2.41. The molecule has 0 amide bonds. The summed E-state index contributed by atoms with van der Waals surface area (Å²) >= 11 is 0. The van der Waals surface area contributed by atoms with Crippen LogP contribution >= 0.6 is 0 Å². The molecular formula is C60H108O9Si. The number of carboxylic acids is 1. The van der Waals surface area contributed by atoms with Gasteiger partial charge < -0.3 is 23.7 Å². The van der Waals surface area contributed by atoms with Crippen molar-refractivity contribution in [2.24, 2.45) is 0 Å². The highest BCUT2D eigenvalue weighted by Gasteiger charge is 2.38. The van der Waals surface area contributed by atoms with Crippen LogP contribution in [0.4, 0.5) is 0 Å². The molecule has 0 aliphatic heterocycles. The summed E-state index contributed by atoms with van der Waals surface area (Å²) in [4.78, 5) is 51.1. The maximum Gasteiger partial charge on any atom is 0.311 e. The first kappa shape index (κ1) is 65.3. The molecule has 0 radical (unpaired) electrons. The van der Waals surface area contributed by atoms with Gasteiger partial charge in [0.05, 0.1) is 5.92 Å². The first-order chi connectivity index (χ1) is 33.3. The van der Waals surface area contributed by atoms with Crippen LogP contribution in [0.5, 0.6) is 5.75 Å². The van der Waals surface area contributed by atoms with Gasteiger partial charge in [-0.05, 0) is 92.3 Å². The molecule has 70 heavy (non-hydrogen) atoms. The Hall–Kier alpha value is -2.72. The van der Waals surface area contributed by atoms with Crippen molar-refractivity contribution in [1.82, 2.24) is 0 Å². The lowest BCUT2D eigenvalue weighted by atomic mass is 9.75. The van der Waals surface area contributed by atoms with E-state index in [0.29, 0.717) is 44.5 Å². The summed E-state index contributed by atoms with van der Waals surface area (Å²) in [6.07, 6.45) is 34.4. The van der Waals surface area contributed by atoms with Gasteiger partial charge in [0.1, 0.15) is 19.0 Å². The topological polar surface area (TPSA) is 125 Å². The number of aliphatic carboxylic acids is 1. The Morgan fingerprint density at radius 1 is 0.543 bits per heavy atom. The molecule has 1 aromatic rings. The molecule has 1 N–H and O–H groups in total. The van der Waals surface area contributed by atoms with Gasteiger partial charge in [-0.3, -0.25) is 19.2 Å². The van der Waals surface area contributed by atoms with Crippen LogP contribution in [0.2, 0.25) is 18.1 Å². The molecule has 0 saturated carbocycles. The molecule has 0 atom stereocenters.